The first-order valence-corrected chi connectivity index (χ1v) is 7.89. The molecule has 0 aromatic carbocycles. The van der Waals surface area contributed by atoms with Gasteiger partial charge in [0.05, 0.1) is 0 Å². The van der Waals surface area contributed by atoms with Crippen molar-refractivity contribution in [3.8, 4) is 0 Å². The van der Waals surface area contributed by atoms with Gasteiger partial charge in [-0.2, -0.15) is 0 Å². The average Bonchev–Trinajstić information content (AvgIpc) is 2.26. The Morgan fingerprint density at radius 2 is 1.76 bits per heavy atom. The van der Waals surface area contributed by atoms with Crippen LogP contribution in [0.2, 0.25) is 0 Å². The topological polar surface area (TPSA) is 0 Å². The summed E-state index contributed by atoms with van der Waals surface area (Å²) >= 11 is 0. The van der Waals surface area contributed by atoms with E-state index in [0.29, 0.717) is 0 Å². The number of rotatable bonds is 2. The van der Waals surface area contributed by atoms with Crippen molar-refractivity contribution in [3.05, 3.63) is 12.2 Å². The molecule has 0 heterocycles. The summed E-state index contributed by atoms with van der Waals surface area (Å²) in [4.78, 5) is 0. The molecule has 0 fully saturated rings. The van der Waals surface area contributed by atoms with Crippen LogP contribution in [0, 0.1) is 17.8 Å². The van der Waals surface area contributed by atoms with E-state index in [-0.39, 0.29) is 0 Å². The Morgan fingerprint density at radius 1 is 1.00 bits per heavy atom. The third-order valence-electron chi connectivity index (χ3n) is 4.18. The molecule has 0 spiro atoms. The molecule has 3 unspecified atom stereocenters. The normalized spacial score (nSPS) is 32.8. The summed E-state index contributed by atoms with van der Waals surface area (Å²) in [7, 11) is 0. The van der Waals surface area contributed by atoms with Crippen LogP contribution in [0.5, 0.6) is 0 Å². The van der Waals surface area contributed by atoms with Gasteiger partial charge in [0, 0.05) is 0 Å². The summed E-state index contributed by atoms with van der Waals surface area (Å²) in [5.74, 6) is 2.68. The van der Waals surface area contributed by atoms with Crippen LogP contribution in [0.1, 0.15) is 78.6 Å². The van der Waals surface area contributed by atoms with Crippen molar-refractivity contribution < 1.29 is 0 Å². The maximum atomic E-state index is 2.52. The lowest BCUT2D eigenvalue weighted by Gasteiger charge is -2.18. The van der Waals surface area contributed by atoms with E-state index >= 15 is 0 Å². The molecule has 100 valence electrons. The van der Waals surface area contributed by atoms with Crippen molar-refractivity contribution in [1.82, 2.24) is 0 Å². The van der Waals surface area contributed by atoms with E-state index in [1.165, 1.54) is 57.8 Å². The van der Waals surface area contributed by atoms with E-state index < -0.39 is 0 Å². The van der Waals surface area contributed by atoms with Gasteiger partial charge >= 0.3 is 0 Å². The second kappa shape index (κ2) is 8.78. The third kappa shape index (κ3) is 6.91. The van der Waals surface area contributed by atoms with Crippen LogP contribution in [0.3, 0.4) is 0 Å². The first-order chi connectivity index (χ1) is 8.22. The Balaban J connectivity index is 2.46. The monoisotopic (exact) mass is 236 g/mol. The SMILES string of the molecule is CCCC1C=CCC(C)CC(C)CCCCC1. The van der Waals surface area contributed by atoms with Crippen molar-refractivity contribution >= 4 is 0 Å². The lowest BCUT2D eigenvalue weighted by molar-refractivity contribution is 0.375. The molecule has 1 aliphatic rings. The molecule has 0 nitrogen and oxygen atoms in total. The van der Waals surface area contributed by atoms with Gasteiger partial charge in [-0.3, -0.25) is 0 Å². The molecule has 0 aromatic rings. The highest BCUT2D eigenvalue weighted by Crippen LogP contribution is 2.24. The second-order valence-electron chi connectivity index (χ2n) is 6.30. The highest BCUT2D eigenvalue weighted by molar-refractivity contribution is 4.89. The lowest BCUT2D eigenvalue weighted by atomic mass is 9.88. The lowest BCUT2D eigenvalue weighted by Crippen LogP contribution is -2.04. The van der Waals surface area contributed by atoms with Crippen LogP contribution in [0.25, 0.3) is 0 Å². The maximum absolute atomic E-state index is 2.52. The molecule has 0 amide bonds. The van der Waals surface area contributed by atoms with Gasteiger partial charge in [-0.1, -0.05) is 65.0 Å². The van der Waals surface area contributed by atoms with Crippen molar-refractivity contribution in [2.45, 2.75) is 78.6 Å². The van der Waals surface area contributed by atoms with E-state index in [2.05, 4.69) is 32.9 Å². The van der Waals surface area contributed by atoms with Crippen LogP contribution < -0.4 is 0 Å². The molecule has 1 rings (SSSR count). The first-order valence-electron chi connectivity index (χ1n) is 7.89. The van der Waals surface area contributed by atoms with Gasteiger partial charge in [-0.05, 0) is 43.4 Å². The summed E-state index contributed by atoms with van der Waals surface area (Å²) in [6.07, 6.45) is 17.7. The molecule has 0 saturated carbocycles. The van der Waals surface area contributed by atoms with E-state index in [1.807, 2.05) is 0 Å². The zero-order chi connectivity index (χ0) is 12.5. The molecule has 0 bridgehead atoms. The fourth-order valence-corrected chi connectivity index (χ4v) is 3.19. The molecule has 17 heavy (non-hydrogen) atoms. The Labute approximate surface area is 109 Å². The quantitative estimate of drug-likeness (QED) is 0.518. The van der Waals surface area contributed by atoms with Gasteiger partial charge in [0.2, 0.25) is 0 Å². The highest BCUT2D eigenvalue weighted by Gasteiger charge is 2.10. The zero-order valence-corrected chi connectivity index (χ0v) is 12.3. The van der Waals surface area contributed by atoms with Crippen molar-refractivity contribution in [3.63, 3.8) is 0 Å². The number of hydrogen-bond donors (Lipinski definition) is 0. The molecule has 3 atom stereocenters. The van der Waals surface area contributed by atoms with Crippen LogP contribution in [-0.4, -0.2) is 0 Å². The Bertz CT molecular complexity index is 204. The molecule has 0 radical (unpaired) electrons. The van der Waals surface area contributed by atoms with Crippen LogP contribution in [0.15, 0.2) is 12.2 Å². The molecule has 0 aliphatic heterocycles. The largest absolute Gasteiger partial charge is 0.0880 e. The van der Waals surface area contributed by atoms with Crippen LogP contribution in [-0.2, 0) is 0 Å². The van der Waals surface area contributed by atoms with Crippen LogP contribution in [0.4, 0.5) is 0 Å². The Morgan fingerprint density at radius 3 is 2.53 bits per heavy atom. The van der Waals surface area contributed by atoms with E-state index in [4.69, 9.17) is 0 Å². The van der Waals surface area contributed by atoms with Gasteiger partial charge < -0.3 is 0 Å². The van der Waals surface area contributed by atoms with Gasteiger partial charge in [0.25, 0.3) is 0 Å². The molecular weight excluding hydrogens is 204 g/mol. The molecular formula is C17H32. The predicted octanol–water partition coefficient (Wildman–Crippen LogP) is 5.98. The van der Waals surface area contributed by atoms with Gasteiger partial charge in [-0.15, -0.1) is 0 Å². The first kappa shape index (κ1) is 14.8. The summed E-state index contributed by atoms with van der Waals surface area (Å²) in [5.41, 5.74) is 0. The summed E-state index contributed by atoms with van der Waals surface area (Å²) in [6, 6.07) is 0. The Hall–Kier alpha value is -0.260. The number of allylic oxidation sites excluding steroid dienone is 2. The van der Waals surface area contributed by atoms with E-state index in [1.54, 1.807) is 0 Å². The minimum absolute atomic E-state index is 0.865. The fraction of sp³-hybridized carbons (Fsp3) is 0.882. The zero-order valence-electron chi connectivity index (χ0n) is 12.3. The summed E-state index contributed by atoms with van der Waals surface area (Å²) in [6.45, 7) is 7.17. The number of hydrogen-bond acceptors (Lipinski definition) is 0. The van der Waals surface area contributed by atoms with Gasteiger partial charge in [0.1, 0.15) is 0 Å². The average molecular weight is 236 g/mol. The molecule has 0 aromatic heterocycles. The standard InChI is InChI=1S/C17H32/c1-4-9-17-12-7-5-6-10-15(2)14-16(3)11-8-13-17/h8,13,15-17H,4-7,9-12,14H2,1-3H3. The van der Waals surface area contributed by atoms with E-state index in [9.17, 15) is 0 Å². The highest BCUT2D eigenvalue weighted by atomic mass is 14.2. The molecule has 0 heteroatoms. The van der Waals surface area contributed by atoms with Gasteiger partial charge in [-0.25, -0.2) is 0 Å². The molecule has 0 N–H and O–H groups in total. The second-order valence-corrected chi connectivity index (χ2v) is 6.30. The smallest absolute Gasteiger partial charge is 0.0234 e. The summed E-state index contributed by atoms with van der Waals surface area (Å²) < 4.78 is 0. The fourth-order valence-electron chi connectivity index (χ4n) is 3.19. The maximum Gasteiger partial charge on any atom is -0.0234 e. The summed E-state index contributed by atoms with van der Waals surface area (Å²) in [5, 5.41) is 0. The van der Waals surface area contributed by atoms with Crippen molar-refractivity contribution in [2.24, 2.45) is 17.8 Å². The molecule has 1 aliphatic carbocycles. The van der Waals surface area contributed by atoms with Crippen LogP contribution >= 0.6 is 0 Å². The minimum Gasteiger partial charge on any atom is -0.0880 e. The third-order valence-corrected chi connectivity index (χ3v) is 4.18. The van der Waals surface area contributed by atoms with Crippen molar-refractivity contribution in [2.75, 3.05) is 0 Å². The van der Waals surface area contributed by atoms with Gasteiger partial charge in [0.15, 0.2) is 0 Å². The molecule has 0 saturated heterocycles. The predicted molar refractivity (Wildman–Crippen MR) is 78.2 cm³/mol. The Kier molecular flexibility index (Phi) is 7.64. The van der Waals surface area contributed by atoms with E-state index in [0.717, 1.165) is 17.8 Å². The minimum atomic E-state index is 0.865. The van der Waals surface area contributed by atoms with Crippen molar-refractivity contribution in [1.29, 1.82) is 0 Å².